The van der Waals surface area contributed by atoms with E-state index in [4.69, 9.17) is 9.47 Å². The van der Waals surface area contributed by atoms with Crippen LogP contribution in [0.25, 0.3) is 0 Å². The molecule has 1 saturated heterocycles. The predicted octanol–water partition coefficient (Wildman–Crippen LogP) is 1.22. The van der Waals surface area contributed by atoms with Gasteiger partial charge >= 0.3 is 17.8 Å². The van der Waals surface area contributed by atoms with E-state index in [1.807, 2.05) is 13.8 Å². The molecular formula is C15H22N4O5. The predicted molar refractivity (Wildman–Crippen MR) is 83.7 cm³/mol. The van der Waals surface area contributed by atoms with Crippen molar-refractivity contribution >= 4 is 11.8 Å². The molecule has 1 aromatic heterocycles. The number of piperidine rings is 1. The summed E-state index contributed by atoms with van der Waals surface area (Å²) in [6.07, 6.45) is 2.98. The number of carbonyl (C=O) groups excluding carboxylic acids is 1. The minimum absolute atomic E-state index is 0.0170. The van der Waals surface area contributed by atoms with E-state index in [2.05, 4.69) is 9.88 Å². The molecule has 0 radical (unpaired) electrons. The Labute approximate surface area is 139 Å². The summed E-state index contributed by atoms with van der Waals surface area (Å²) >= 11 is 0. The third-order valence-corrected chi connectivity index (χ3v) is 4.52. The first kappa shape index (κ1) is 16.7. The average molecular weight is 338 g/mol. The summed E-state index contributed by atoms with van der Waals surface area (Å²) in [5, 5.41) is 10.7. The molecule has 9 nitrogen and oxygen atoms in total. The van der Waals surface area contributed by atoms with Crippen molar-refractivity contribution in [3.05, 3.63) is 16.3 Å². The maximum atomic E-state index is 11.8. The first-order valence-electron chi connectivity index (χ1n) is 8.20. The summed E-state index contributed by atoms with van der Waals surface area (Å²) < 4.78 is 12.6. The third kappa shape index (κ3) is 3.35. The van der Waals surface area contributed by atoms with Gasteiger partial charge in [-0.3, -0.25) is 14.3 Å². The molecule has 9 heteroatoms. The highest BCUT2D eigenvalue weighted by Gasteiger charge is 2.42. The van der Waals surface area contributed by atoms with Gasteiger partial charge < -0.3 is 19.6 Å². The van der Waals surface area contributed by atoms with Gasteiger partial charge in [0.15, 0.2) is 0 Å². The molecule has 24 heavy (non-hydrogen) atoms. The SMILES string of the molecule is CCOC(=O)C1CCN(C[C@@]2(C)Cn3cc([N+](=O)[O-])nc3O2)CC1. The van der Waals surface area contributed by atoms with Crippen molar-refractivity contribution in [3.63, 3.8) is 0 Å². The molecule has 2 aliphatic heterocycles. The second kappa shape index (κ2) is 6.39. The Balaban J connectivity index is 1.53. The van der Waals surface area contributed by atoms with Crippen LogP contribution in [0.4, 0.5) is 5.82 Å². The van der Waals surface area contributed by atoms with Crippen LogP contribution >= 0.6 is 0 Å². The summed E-state index contributed by atoms with van der Waals surface area (Å²) in [7, 11) is 0. The number of carbonyl (C=O) groups is 1. The lowest BCUT2D eigenvalue weighted by molar-refractivity contribution is -0.389. The van der Waals surface area contributed by atoms with E-state index in [0.29, 0.717) is 25.7 Å². The second-order valence-corrected chi connectivity index (χ2v) is 6.62. The molecule has 1 aromatic rings. The molecule has 132 valence electrons. The maximum absolute atomic E-state index is 11.8. The number of rotatable bonds is 5. The zero-order valence-electron chi connectivity index (χ0n) is 13.9. The normalized spacial score (nSPS) is 24.4. The van der Waals surface area contributed by atoms with E-state index in [-0.39, 0.29) is 17.7 Å². The third-order valence-electron chi connectivity index (χ3n) is 4.52. The summed E-state index contributed by atoms with van der Waals surface area (Å²) in [5.41, 5.74) is -0.464. The molecule has 0 spiro atoms. The number of ether oxygens (including phenoxy) is 2. The molecule has 0 saturated carbocycles. The smallest absolute Gasteiger partial charge is 0.415 e. The van der Waals surface area contributed by atoms with Crippen molar-refractivity contribution in [3.8, 4) is 6.01 Å². The molecule has 0 amide bonds. The summed E-state index contributed by atoms with van der Waals surface area (Å²) in [6, 6.07) is 0.297. The summed E-state index contributed by atoms with van der Waals surface area (Å²) in [5.74, 6) is -0.313. The van der Waals surface area contributed by atoms with E-state index >= 15 is 0 Å². The van der Waals surface area contributed by atoms with Crippen molar-refractivity contribution in [2.45, 2.75) is 38.8 Å². The summed E-state index contributed by atoms with van der Waals surface area (Å²) in [6.45, 7) is 7.06. The molecule has 2 aliphatic rings. The molecule has 3 rings (SSSR count). The molecule has 0 aliphatic carbocycles. The number of hydrogen-bond donors (Lipinski definition) is 0. The molecule has 0 bridgehead atoms. The van der Waals surface area contributed by atoms with Gasteiger partial charge in [0.05, 0.1) is 19.1 Å². The Morgan fingerprint density at radius 1 is 1.54 bits per heavy atom. The van der Waals surface area contributed by atoms with Crippen LogP contribution < -0.4 is 4.74 Å². The van der Waals surface area contributed by atoms with Gasteiger partial charge in [-0.2, -0.15) is 0 Å². The highest BCUT2D eigenvalue weighted by atomic mass is 16.6. The van der Waals surface area contributed by atoms with Gasteiger partial charge in [-0.1, -0.05) is 0 Å². The van der Waals surface area contributed by atoms with Crippen LogP contribution in [0.5, 0.6) is 6.01 Å². The van der Waals surface area contributed by atoms with Gasteiger partial charge in [0.2, 0.25) is 0 Å². The number of fused-ring (bicyclic) bond motifs is 1. The minimum atomic E-state index is -0.522. The van der Waals surface area contributed by atoms with Crippen LogP contribution in [0, 0.1) is 16.0 Å². The molecule has 0 N–H and O–H groups in total. The number of aromatic nitrogens is 2. The minimum Gasteiger partial charge on any atom is -0.466 e. The van der Waals surface area contributed by atoms with Gasteiger partial charge in [-0.25, -0.2) is 0 Å². The quantitative estimate of drug-likeness (QED) is 0.452. The standard InChI is InChI=1S/C15H22N4O5/c1-3-23-13(20)11-4-6-17(7-5-11)9-15(2)10-18-8-12(19(21)22)16-14(18)24-15/h8,11H,3-7,9-10H2,1-2H3/t15-/m0/s1. The second-order valence-electron chi connectivity index (χ2n) is 6.62. The lowest BCUT2D eigenvalue weighted by Gasteiger charge is -2.35. The molecular weight excluding hydrogens is 316 g/mol. The topological polar surface area (TPSA) is 99.7 Å². The molecule has 0 aromatic carbocycles. The van der Waals surface area contributed by atoms with Gasteiger partial charge in [-0.15, -0.1) is 0 Å². The fourth-order valence-corrected chi connectivity index (χ4v) is 3.42. The number of nitrogens with zero attached hydrogens (tertiary/aromatic N) is 4. The number of esters is 1. The van der Waals surface area contributed by atoms with Crippen molar-refractivity contribution in [1.29, 1.82) is 0 Å². The van der Waals surface area contributed by atoms with Crippen LogP contribution in [0.1, 0.15) is 26.7 Å². The maximum Gasteiger partial charge on any atom is 0.415 e. The number of likely N-dealkylation sites (tertiary alicyclic amines) is 1. The fourth-order valence-electron chi connectivity index (χ4n) is 3.42. The van der Waals surface area contributed by atoms with Gasteiger partial charge in [0, 0.05) is 11.5 Å². The van der Waals surface area contributed by atoms with Crippen LogP contribution in [-0.4, -0.2) is 57.2 Å². The van der Waals surface area contributed by atoms with Crippen molar-refractivity contribution in [1.82, 2.24) is 14.5 Å². The Bertz CT molecular complexity index is 612. The largest absolute Gasteiger partial charge is 0.466 e. The van der Waals surface area contributed by atoms with Gasteiger partial charge in [-0.05, 0) is 44.7 Å². The highest BCUT2D eigenvalue weighted by Crippen LogP contribution is 2.32. The van der Waals surface area contributed by atoms with E-state index in [1.54, 1.807) is 4.57 Å². The van der Waals surface area contributed by atoms with Crippen molar-refractivity contribution in [2.75, 3.05) is 26.2 Å². The van der Waals surface area contributed by atoms with Crippen LogP contribution in [0.15, 0.2) is 6.20 Å². The van der Waals surface area contributed by atoms with Crippen LogP contribution in [-0.2, 0) is 16.1 Å². The zero-order chi connectivity index (χ0) is 17.3. The van der Waals surface area contributed by atoms with Gasteiger partial charge in [0.1, 0.15) is 11.8 Å². The lowest BCUT2D eigenvalue weighted by Crippen LogP contribution is -2.48. The molecule has 1 fully saturated rings. The summed E-state index contributed by atoms with van der Waals surface area (Å²) in [4.78, 5) is 28.2. The van der Waals surface area contributed by atoms with E-state index in [0.717, 1.165) is 25.9 Å². The first-order valence-corrected chi connectivity index (χ1v) is 8.20. The van der Waals surface area contributed by atoms with E-state index < -0.39 is 10.5 Å². The number of nitro groups is 1. The monoisotopic (exact) mass is 338 g/mol. The molecule has 0 unspecified atom stereocenters. The Morgan fingerprint density at radius 3 is 2.83 bits per heavy atom. The Kier molecular flexibility index (Phi) is 4.44. The van der Waals surface area contributed by atoms with Crippen LogP contribution in [0.2, 0.25) is 0 Å². The lowest BCUT2D eigenvalue weighted by atomic mass is 9.95. The van der Waals surface area contributed by atoms with Crippen LogP contribution in [0.3, 0.4) is 0 Å². The van der Waals surface area contributed by atoms with Crippen molar-refractivity contribution < 1.29 is 19.2 Å². The number of imidazole rings is 1. The average Bonchev–Trinajstić information content (AvgIpc) is 3.03. The Morgan fingerprint density at radius 2 is 2.25 bits per heavy atom. The van der Waals surface area contributed by atoms with Crippen molar-refractivity contribution in [2.24, 2.45) is 5.92 Å². The number of hydrogen-bond acceptors (Lipinski definition) is 7. The zero-order valence-corrected chi connectivity index (χ0v) is 13.9. The van der Waals surface area contributed by atoms with E-state index in [9.17, 15) is 14.9 Å². The highest BCUT2D eigenvalue weighted by molar-refractivity contribution is 5.72. The van der Waals surface area contributed by atoms with Gasteiger partial charge in [0.25, 0.3) is 0 Å². The Hall–Kier alpha value is -2.16. The first-order chi connectivity index (χ1) is 11.4. The molecule has 3 heterocycles. The van der Waals surface area contributed by atoms with E-state index in [1.165, 1.54) is 6.20 Å². The molecule has 1 atom stereocenters. The fraction of sp³-hybridized carbons (Fsp3) is 0.733.